The minimum atomic E-state index is 0. The summed E-state index contributed by atoms with van der Waals surface area (Å²) >= 11 is 0. The first-order valence-corrected chi connectivity index (χ1v) is 7.60. The van der Waals surface area contributed by atoms with Crippen molar-refractivity contribution < 1.29 is 4.42 Å². The number of nitrogens with one attached hydrogen (secondary N) is 2. The molecule has 0 aliphatic rings. The number of furan rings is 1. The average molecular weight is 427 g/mol. The Morgan fingerprint density at radius 2 is 1.83 bits per heavy atom. The first-order valence-electron chi connectivity index (χ1n) is 7.60. The van der Waals surface area contributed by atoms with Crippen LogP contribution >= 0.6 is 24.0 Å². The van der Waals surface area contributed by atoms with E-state index < -0.39 is 0 Å². The van der Waals surface area contributed by atoms with E-state index in [1.807, 2.05) is 12.1 Å². The van der Waals surface area contributed by atoms with Gasteiger partial charge < -0.3 is 15.1 Å². The lowest BCUT2D eigenvalue weighted by molar-refractivity contribution is 0.358. The van der Waals surface area contributed by atoms with Crippen LogP contribution in [-0.4, -0.2) is 19.6 Å². The van der Waals surface area contributed by atoms with Gasteiger partial charge >= 0.3 is 0 Å². The molecule has 2 rings (SSSR count). The molecule has 4 nitrogen and oxygen atoms in total. The molecular weight excluding hydrogens is 401 g/mol. The van der Waals surface area contributed by atoms with Crippen molar-refractivity contribution in [2.24, 2.45) is 10.4 Å². The quantitative estimate of drug-likeness (QED) is 0.419. The van der Waals surface area contributed by atoms with Gasteiger partial charge in [-0.05, 0) is 29.5 Å². The number of benzene rings is 1. The molecule has 0 spiro atoms. The van der Waals surface area contributed by atoms with Gasteiger partial charge in [0, 0.05) is 13.6 Å². The van der Waals surface area contributed by atoms with E-state index in [2.05, 4.69) is 59.8 Å². The number of hydrogen-bond donors (Lipinski definition) is 2. The molecule has 23 heavy (non-hydrogen) atoms. The third-order valence-electron chi connectivity index (χ3n) is 3.49. The van der Waals surface area contributed by atoms with Crippen LogP contribution in [0.15, 0.2) is 58.1 Å². The molecule has 1 heterocycles. The van der Waals surface area contributed by atoms with Crippen molar-refractivity contribution in [1.29, 1.82) is 0 Å². The molecular formula is C18H26IN3O. The summed E-state index contributed by atoms with van der Waals surface area (Å²) in [7, 11) is 1.78. The van der Waals surface area contributed by atoms with Gasteiger partial charge in [-0.2, -0.15) is 0 Å². The first kappa shape index (κ1) is 19.5. The van der Waals surface area contributed by atoms with E-state index in [1.165, 1.54) is 5.56 Å². The number of hydrogen-bond acceptors (Lipinski definition) is 2. The van der Waals surface area contributed by atoms with Gasteiger partial charge in [0.25, 0.3) is 0 Å². The van der Waals surface area contributed by atoms with Crippen LogP contribution in [0.25, 0.3) is 0 Å². The molecule has 5 heteroatoms. The van der Waals surface area contributed by atoms with Gasteiger partial charge in [0.2, 0.25) is 0 Å². The fourth-order valence-electron chi connectivity index (χ4n) is 2.34. The predicted molar refractivity (Wildman–Crippen MR) is 106 cm³/mol. The maximum absolute atomic E-state index is 5.31. The van der Waals surface area contributed by atoms with Gasteiger partial charge in [-0.15, -0.1) is 24.0 Å². The molecule has 1 aromatic carbocycles. The van der Waals surface area contributed by atoms with E-state index >= 15 is 0 Å². The summed E-state index contributed by atoms with van der Waals surface area (Å²) in [5.41, 5.74) is 1.50. The molecule has 0 radical (unpaired) electrons. The van der Waals surface area contributed by atoms with Crippen molar-refractivity contribution in [1.82, 2.24) is 10.6 Å². The average Bonchev–Trinajstić information content (AvgIpc) is 3.01. The SMILES string of the molecule is CN=C(NCc1ccco1)NCC(C)(C)Cc1ccccc1.I. The molecule has 1 aromatic heterocycles. The van der Waals surface area contributed by atoms with Gasteiger partial charge in [-0.3, -0.25) is 4.99 Å². The van der Waals surface area contributed by atoms with E-state index in [1.54, 1.807) is 13.3 Å². The van der Waals surface area contributed by atoms with Crippen LogP contribution < -0.4 is 10.6 Å². The molecule has 126 valence electrons. The van der Waals surface area contributed by atoms with E-state index in [0.29, 0.717) is 6.54 Å². The van der Waals surface area contributed by atoms with Crippen LogP contribution in [0.5, 0.6) is 0 Å². The van der Waals surface area contributed by atoms with E-state index in [4.69, 9.17) is 4.42 Å². The zero-order valence-corrected chi connectivity index (χ0v) is 16.3. The van der Waals surface area contributed by atoms with Crippen molar-refractivity contribution in [3.8, 4) is 0 Å². The highest BCUT2D eigenvalue weighted by Gasteiger charge is 2.19. The number of rotatable bonds is 6. The van der Waals surface area contributed by atoms with Gasteiger partial charge in [0.15, 0.2) is 5.96 Å². The molecule has 0 saturated carbocycles. The molecule has 0 atom stereocenters. The number of aliphatic imine (C=N–C) groups is 1. The lowest BCUT2D eigenvalue weighted by atomic mass is 9.86. The Bertz CT molecular complexity index is 580. The lowest BCUT2D eigenvalue weighted by Crippen LogP contribution is -2.42. The third kappa shape index (κ3) is 7.07. The summed E-state index contributed by atoms with van der Waals surface area (Å²) < 4.78 is 5.31. The standard InChI is InChI=1S/C18H25N3O.HI/c1-18(2,12-15-8-5-4-6-9-15)14-21-17(19-3)20-13-16-10-7-11-22-16;/h4-11H,12-14H2,1-3H3,(H2,19,20,21);1H. The molecule has 0 fully saturated rings. The van der Waals surface area contributed by atoms with E-state index in [-0.39, 0.29) is 29.4 Å². The number of halogens is 1. The zero-order chi connectivity index (χ0) is 15.8. The third-order valence-corrected chi connectivity index (χ3v) is 3.49. The monoisotopic (exact) mass is 427 g/mol. The molecule has 2 aromatic rings. The zero-order valence-electron chi connectivity index (χ0n) is 14.0. The lowest BCUT2D eigenvalue weighted by Gasteiger charge is -2.26. The van der Waals surface area contributed by atoms with Crippen molar-refractivity contribution in [2.75, 3.05) is 13.6 Å². The van der Waals surface area contributed by atoms with Crippen LogP contribution in [0, 0.1) is 5.41 Å². The molecule has 0 unspecified atom stereocenters. The van der Waals surface area contributed by atoms with Gasteiger partial charge in [-0.1, -0.05) is 44.2 Å². The largest absolute Gasteiger partial charge is 0.467 e. The summed E-state index contributed by atoms with van der Waals surface area (Å²) in [4.78, 5) is 4.25. The number of guanidine groups is 1. The highest BCUT2D eigenvalue weighted by molar-refractivity contribution is 14.0. The predicted octanol–water partition coefficient (Wildman–Crippen LogP) is 3.83. The van der Waals surface area contributed by atoms with E-state index in [9.17, 15) is 0 Å². The highest BCUT2D eigenvalue weighted by Crippen LogP contribution is 2.20. The molecule has 0 bridgehead atoms. The maximum atomic E-state index is 5.31. The van der Waals surface area contributed by atoms with Crippen LogP contribution in [0.3, 0.4) is 0 Å². The fraction of sp³-hybridized carbons (Fsp3) is 0.389. The highest BCUT2D eigenvalue weighted by atomic mass is 127. The van der Waals surface area contributed by atoms with Crippen molar-refractivity contribution >= 4 is 29.9 Å². The Labute approximate surface area is 155 Å². The van der Waals surface area contributed by atoms with Crippen molar-refractivity contribution in [3.63, 3.8) is 0 Å². The van der Waals surface area contributed by atoms with E-state index in [0.717, 1.165) is 24.7 Å². The minimum absolute atomic E-state index is 0. The normalized spacial score (nSPS) is 11.7. The molecule has 0 aliphatic carbocycles. The summed E-state index contributed by atoms with van der Waals surface area (Å²) in [5, 5.41) is 6.64. The Balaban J connectivity index is 0.00000264. The second-order valence-corrected chi connectivity index (χ2v) is 6.19. The summed E-state index contributed by atoms with van der Waals surface area (Å²) in [5.74, 6) is 1.68. The van der Waals surface area contributed by atoms with Crippen LogP contribution in [-0.2, 0) is 13.0 Å². The Morgan fingerprint density at radius 3 is 2.43 bits per heavy atom. The first-order chi connectivity index (χ1) is 10.6. The van der Waals surface area contributed by atoms with Crippen LogP contribution in [0.4, 0.5) is 0 Å². The maximum Gasteiger partial charge on any atom is 0.191 e. The Hall–Kier alpha value is -1.50. The van der Waals surface area contributed by atoms with Crippen molar-refractivity contribution in [3.05, 3.63) is 60.1 Å². The van der Waals surface area contributed by atoms with Crippen LogP contribution in [0.2, 0.25) is 0 Å². The number of nitrogens with zero attached hydrogens (tertiary/aromatic N) is 1. The summed E-state index contributed by atoms with van der Waals surface area (Å²) in [6, 6.07) is 14.4. The Morgan fingerprint density at radius 1 is 1.09 bits per heavy atom. The summed E-state index contributed by atoms with van der Waals surface area (Å²) in [6.07, 6.45) is 2.70. The van der Waals surface area contributed by atoms with Gasteiger partial charge in [0.05, 0.1) is 12.8 Å². The summed E-state index contributed by atoms with van der Waals surface area (Å²) in [6.45, 7) is 5.99. The molecule has 0 saturated heterocycles. The van der Waals surface area contributed by atoms with Crippen molar-refractivity contribution in [2.45, 2.75) is 26.8 Å². The van der Waals surface area contributed by atoms with Gasteiger partial charge in [0.1, 0.15) is 5.76 Å². The smallest absolute Gasteiger partial charge is 0.191 e. The Kier molecular flexibility index (Phi) is 8.16. The minimum Gasteiger partial charge on any atom is -0.467 e. The molecule has 0 aliphatic heterocycles. The second kappa shape index (κ2) is 9.60. The molecule has 0 amide bonds. The van der Waals surface area contributed by atoms with Gasteiger partial charge in [-0.25, -0.2) is 0 Å². The topological polar surface area (TPSA) is 49.6 Å². The second-order valence-electron chi connectivity index (χ2n) is 6.19. The van der Waals surface area contributed by atoms with Crippen LogP contribution in [0.1, 0.15) is 25.2 Å². The molecule has 2 N–H and O–H groups in total. The fourth-order valence-corrected chi connectivity index (χ4v) is 2.34.